The molecule has 0 saturated heterocycles. The highest BCUT2D eigenvalue weighted by Gasteiger charge is 2.05. The Morgan fingerprint density at radius 2 is 2.50 bits per heavy atom. The Bertz CT molecular complexity index is 403. The van der Waals surface area contributed by atoms with E-state index >= 15 is 0 Å². The molecule has 0 radical (unpaired) electrons. The normalized spacial score (nSPS) is 11.8. The maximum atomic E-state index is 11.5. The van der Waals surface area contributed by atoms with Gasteiger partial charge < -0.3 is 9.88 Å². The fraction of sp³-hybridized carbons (Fsp3) is 0.400. The molecule has 0 aliphatic heterocycles. The third-order valence-electron chi connectivity index (χ3n) is 1.82. The van der Waals surface area contributed by atoms with Crippen molar-refractivity contribution >= 4 is 5.82 Å². The van der Waals surface area contributed by atoms with Crippen molar-refractivity contribution in [3.8, 4) is 12.3 Å². The second-order valence-electron chi connectivity index (χ2n) is 3.15. The summed E-state index contributed by atoms with van der Waals surface area (Å²) in [6.45, 7) is 1.91. The van der Waals surface area contributed by atoms with Crippen LogP contribution in [-0.4, -0.2) is 15.6 Å². The number of aryl methyl sites for hydroxylation is 1. The zero-order chi connectivity index (χ0) is 10.6. The summed E-state index contributed by atoms with van der Waals surface area (Å²) in [5.41, 5.74) is -0.142. The second kappa shape index (κ2) is 4.47. The number of hydrogen-bond donors (Lipinski definition) is 1. The van der Waals surface area contributed by atoms with Crippen LogP contribution in [0.5, 0.6) is 0 Å². The van der Waals surface area contributed by atoms with Crippen molar-refractivity contribution in [3.05, 3.63) is 22.7 Å². The van der Waals surface area contributed by atoms with E-state index < -0.39 is 0 Å². The number of rotatable bonds is 3. The van der Waals surface area contributed by atoms with E-state index in [4.69, 9.17) is 6.42 Å². The van der Waals surface area contributed by atoms with Crippen molar-refractivity contribution in [1.29, 1.82) is 0 Å². The summed E-state index contributed by atoms with van der Waals surface area (Å²) in [4.78, 5) is 15.4. The Hall–Kier alpha value is -1.76. The van der Waals surface area contributed by atoms with Crippen LogP contribution in [0.25, 0.3) is 0 Å². The number of nitrogens with zero attached hydrogens (tertiary/aromatic N) is 2. The number of terminal acetylenes is 1. The van der Waals surface area contributed by atoms with E-state index in [2.05, 4.69) is 16.2 Å². The molecular weight excluding hydrogens is 178 g/mol. The average Bonchev–Trinajstić information content (AvgIpc) is 2.13. The van der Waals surface area contributed by atoms with E-state index in [1.807, 2.05) is 6.92 Å². The zero-order valence-electron chi connectivity index (χ0n) is 8.32. The molecule has 74 valence electrons. The van der Waals surface area contributed by atoms with Crippen LogP contribution in [0.3, 0.4) is 0 Å². The SMILES string of the molecule is C#CCC(C)Nc1nccn(C)c1=O. The summed E-state index contributed by atoms with van der Waals surface area (Å²) in [7, 11) is 1.68. The molecule has 1 aromatic rings. The Kier molecular flexibility index (Phi) is 3.29. The first-order valence-corrected chi connectivity index (χ1v) is 4.36. The van der Waals surface area contributed by atoms with Crippen LogP contribution in [0, 0.1) is 12.3 Å². The van der Waals surface area contributed by atoms with E-state index in [9.17, 15) is 4.79 Å². The maximum Gasteiger partial charge on any atom is 0.293 e. The summed E-state index contributed by atoms with van der Waals surface area (Å²) < 4.78 is 1.47. The van der Waals surface area contributed by atoms with Crippen molar-refractivity contribution in [3.63, 3.8) is 0 Å². The van der Waals surface area contributed by atoms with Crippen molar-refractivity contribution in [2.75, 3.05) is 5.32 Å². The number of hydrogen-bond acceptors (Lipinski definition) is 3. The van der Waals surface area contributed by atoms with E-state index in [0.717, 1.165) is 0 Å². The first kappa shape index (κ1) is 10.3. The first-order valence-electron chi connectivity index (χ1n) is 4.36. The standard InChI is InChI=1S/C10H13N3O/c1-4-5-8(2)12-9-10(14)13(3)7-6-11-9/h1,6-8H,5H2,2-3H3,(H,11,12). The molecule has 0 bridgehead atoms. The Morgan fingerprint density at radius 1 is 1.79 bits per heavy atom. The molecule has 4 heteroatoms. The molecule has 1 unspecified atom stereocenters. The molecule has 1 heterocycles. The predicted octanol–water partition coefficient (Wildman–Crippen LogP) is 0.604. The molecule has 1 atom stereocenters. The lowest BCUT2D eigenvalue weighted by Gasteiger charge is -2.10. The number of aromatic nitrogens is 2. The quantitative estimate of drug-likeness (QED) is 0.712. The molecular formula is C10H13N3O. The summed E-state index contributed by atoms with van der Waals surface area (Å²) in [5.74, 6) is 2.87. The Labute approximate surface area is 83.0 Å². The van der Waals surface area contributed by atoms with Gasteiger partial charge in [-0.2, -0.15) is 0 Å². The summed E-state index contributed by atoms with van der Waals surface area (Å²) in [6, 6.07) is 0.0580. The summed E-state index contributed by atoms with van der Waals surface area (Å²) in [6.07, 6.45) is 8.91. The van der Waals surface area contributed by atoms with Crippen molar-refractivity contribution in [2.45, 2.75) is 19.4 Å². The van der Waals surface area contributed by atoms with Gasteiger partial charge >= 0.3 is 0 Å². The average molecular weight is 191 g/mol. The Morgan fingerprint density at radius 3 is 3.14 bits per heavy atom. The molecule has 14 heavy (non-hydrogen) atoms. The van der Waals surface area contributed by atoms with Crippen molar-refractivity contribution in [2.24, 2.45) is 7.05 Å². The smallest absolute Gasteiger partial charge is 0.293 e. The van der Waals surface area contributed by atoms with E-state index in [0.29, 0.717) is 12.2 Å². The molecule has 1 aromatic heterocycles. The van der Waals surface area contributed by atoms with E-state index in [1.54, 1.807) is 19.4 Å². The van der Waals surface area contributed by atoms with Gasteiger partial charge in [0.05, 0.1) is 0 Å². The molecule has 1 N–H and O–H groups in total. The van der Waals surface area contributed by atoms with Crippen LogP contribution in [0.15, 0.2) is 17.2 Å². The largest absolute Gasteiger partial charge is 0.362 e. The van der Waals surface area contributed by atoms with E-state index in [1.165, 1.54) is 4.57 Å². The highest BCUT2D eigenvalue weighted by molar-refractivity contribution is 5.32. The molecule has 0 spiro atoms. The van der Waals surface area contributed by atoms with Crippen molar-refractivity contribution in [1.82, 2.24) is 9.55 Å². The highest BCUT2D eigenvalue weighted by Crippen LogP contribution is 1.98. The van der Waals surface area contributed by atoms with Gasteiger partial charge in [-0.25, -0.2) is 4.98 Å². The van der Waals surface area contributed by atoms with Crippen LogP contribution in [0.1, 0.15) is 13.3 Å². The molecule has 0 aromatic carbocycles. The van der Waals surface area contributed by atoms with Crippen LogP contribution in [0.2, 0.25) is 0 Å². The summed E-state index contributed by atoms with van der Waals surface area (Å²) >= 11 is 0. The molecule has 0 saturated carbocycles. The van der Waals surface area contributed by atoms with Gasteiger partial charge in [-0.3, -0.25) is 4.79 Å². The summed E-state index contributed by atoms with van der Waals surface area (Å²) in [5, 5.41) is 2.96. The van der Waals surface area contributed by atoms with Gasteiger partial charge in [-0.15, -0.1) is 12.3 Å². The molecule has 1 rings (SSSR count). The fourth-order valence-corrected chi connectivity index (χ4v) is 1.06. The van der Waals surface area contributed by atoms with Gasteiger partial charge in [-0.1, -0.05) is 0 Å². The lowest BCUT2D eigenvalue weighted by atomic mass is 10.2. The van der Waals surface area contributed by atoms with Gasteiger partial charge in [-0.05, 0) is 6.92 Å². The maximum absolute atomic E-state index is 11.5. The molecule has 4 nitrogen and oxygen atoms in total. The van der Waals surface area contributed by atoms with Crippen LogP contribution >= 0.6 is 0 Å². The van der Waals surface area contributed by atoms with Crippen LogP contribution < -0.4 is 10.9 Å². The first-order chi connectivity index (χ1) is 6.65. The molecule has 0 fully saturated rings. The van der Waals surface area contributed by atoms with Crippen LogP contribution in [0.4, 0.5) is 5.82 Å². The minimum Gasteiger partial charge on any atom is -0.362 e. The topological polar surface area (TPSA) is 46.9 Å². The lowest BCUT2D eigenvalue weighted by Crippen LogP contribution is -2.26. The second-order valence-corrected chi connectivity index (χ2v) is 3.15. The number of nitrogens with one attached hydrogen (secondary N) is 1. The van der Waals surface area contributed by atoms with E-state index in [-0.39, 0.29) is 11.6 Å². The minimum atomic E-state index is -0.142. The predicted molar refractivity (Wildman–Crippen MR) is 56.0 cm³/mol. The van der Waals surface area contributed by atoms with Gasteiger partial charge in [0, 0.05) is 31.9 Å². The van der Waals surface area contributed by atoms with Gasteiger partial charge in [0.2, 0.25) is 0 Å². The lowest BCUT2D eigenvalue weighted by molar-refractivity contribution is 0.791. The third kappa shape index (κ3) is 2.36. The molecule has 0 amide bonds. The van der Waals surface area contributed by atoms with Crippen LogP contribution in [-0.2, 0) is 7.05 Å². The van der Waals surface area contributed by atoms with Gasteiger partial charge in [0.15, 0.2) is 5.82 Å². The molecule has 0 aliphatic rings. The van der Waals surface area contributed by atoms with Crippen molar-refractivity contribution < 1.29 is 0 Å². The Balaban J connectivity index is 2.83. The monoisotopic (exact) mass is 191 g/mol. The van der Waals surface area contributed by atoms with Gasteiger partial charge in [0.25, 0.3) is 5.56 Å². The highest BCUT2D eigenvalue weighted by atomic mass is 16.1. The third-order valence-corrected chi connectivity index (χ3v) is 1.82. The fourth-order valence-electron chi connectivity index (χ4n) is 1.06. The minimum absolute atomic E-state index is 0.0580. The van der Waals surface area contributed by atoms with Gasteiger partial charge in [0.1, 0.15) is 0 Å². The number of anilines is 1. The molecule has 0 aliphatic carbocycles. The zero-order valence-corrected chi connectivity index (χ0v) is 8.32.